The number of H-pyrrole nitrogens is 1. The Morgan fingerprint density at radius 3 is 3.06 bits per heavy atom. The van der Waals surface area contributed by atoms with E-state index in [2.05, 4.69) is 20.4 Å². The van der Waals surface area contributed by atoms with E-state index in [0.29, 0.717) is 19.4 Å². The molecule has 0 radical (unpaired) electrons. The third-order valence-electron chi connectivity index (χ3n) is 2.45. The highest BCUT2D eigenvalue weighted by molar-refractivity contribution is 6.01. The molecule has 1 atom stereocenters. The highest BCUT2D eigenvalue weighted by Crippen LogP contribution is 2.02. The Morgan fingerprint density at radius 2 is 2.53 bits per heavy atom. The summed E-state index contributed by atoms with van der Waals surface area (Å²) in [6.45, 7) is 2.29. The molecule has 5 N–H and O–H groups in total. The largest absolute Gasteiger partial charge is 0.409 e. The summed E-state index contributed by atoms with van der Waals surface area (Å²) >= 11 is 0. The van der Waals surface area contributed by atoms with Gasteiger partial charge in [0.25, 0.3) is 0 Å². The topological polar surface area (TPSA) is 116 Å². The van der Waals surface area contributed by atoms with Crippen molar-refractivity contribution >= 4 is 11.7 Å². The number of hydrogen-bond donors (Lipinski definition) is 4. The second kappa shape index (κ2) is 6.51. The fourth-order valence-electron chi connectivity index (χ4n) is 1.46. The molecule has 1 unspecified atom stereocenters. The number of amides is 1. The van der Waals surface area contributed by atoms with E-state index in [-0.39, 0.29) is 11.7 Å². The number of amidine groups is 1. The first-order valence-corrected chi connectivity index (χ1v) is 5.41. The second-order valence-electron chi connectivity index (χ2n) is 3.60. The van der Waals surface area contributed by atoms with Gasteiger partial charge < -0.3 is 21.2 Å². The fraction of sp³-hybridized carbons (Fsp3) is 0.500. The van der Waals surface area contributed by atoms with E-state index in [1.54, 1.807) is 19.4 Å². The van der Waals surface area contributed by atoms with E-state index in [0.717, 1.165) is 5.69 Å². The zero-order valence-electron chi connectivity index (χ0n) is 9.68. The highest BCUT2D eigenvalue weighted by atomic mass is 16.4. The van der Waals surface area contributed by atoms with Crippen LogP contribution in [0.5, 0.6) is 0 Å². The molecule has 0 aliphatic heterocycles. The van der Waals surface area contributed by atoms with Crippen LogP contribution < -0.4 is 11.1 Å². The minimum absolute atomic E-state index is 0.0634. The maximum atomic E-state index is 11.7. The lowest BCUT2D eigenvalue weighted by atomic mass is 10.0. The Balaban J connectivity index is 2.38. The Hall–Kier alpha value is -2.05. The van der Waals surface area contributed by atoms with Crippen LogP contribution in [0.2, 0.25) is 0 Å². The number of carbonyl (C=O) groups is 1. The van der Waals surface area contributed by atoms with Crippen molar-refractivity contribution in [3.8, 4) is 0 Å². The summed E-state index contributed by atoms with van der Waals surface area (Å²) in [5, 5.41) is 14.1. The van der Waals surface area contributed by atoms with Gasteiger partial charge in [-0.3, -0.25) is 4.79 Å². The fourth-order valence-corrected chi connectivity index (χ4v) is 1.46. The monoisotopic (exact) mass is 239 g/mol. The summed E-state index contributed by atoms with van der Waals surface area (Å²) in [6.07, 6.45) is 4.44. The number of aromatic nitrogens is 2. The van der Waals surface area contributed by atoms with Gasteiger partial charge in [-0.2, -0.15) is 0 Å². The number of hydrogen-bond acceptors (Lipinski definition) is 4. The number of nitrogens with one attached hydrogen (secondary N) is 2. The van der Waals surface area contributed by atoms with Crippen molar-refractivity contribution in [3.63, 3.8) is 0 Å². The van der Waals surface area contributed by atoms with Gasteiger partial charge in [0.05, 0.1) is 12.2 Å². The van der Waals surface area contributed by atoms with E-state index >= 15 is 0 Å². The SMILES string of the molecule is CCC(C(=O)NCCc1cnc[nH]1)C(N)=NO. The van der Waals surface area contributed by atoms with Crippen LogP contribution in [-0.4, -0.2) is 33.5 Å². The van der Waals surface area contributed by atoms with E-state index < -0.39 is 5.92 Å². The Bertz CT molecular complexity index is 374. The van der Waals surface area contributed by atoms with Crippen molar-refractivity contribution in [2.45, 2.75) is 19.8 Å². The maximum absolute atomic E-state index is 11.7. The molecular weight excluding hydrogens is 222 g/mol. The Kier molecular flexibility index (Phi) is 4.99. The molecule has 0 saturated carbocycles. The molecule has 17 heavy (non-hydrogen) atoms. The number of nitrogens with two attached hydrogens (primary N) is 1. The number of aromatic amines is 1. The van der Waals surface area contributed by atoms with Crippen LogP contribution in [0.3, 0.4) is 0 Å². The van der Waals surface area contributed by atoms with Crippen LogP contribution in [0, 0.1) is 5.92 Å². The smallest absolute Gasteiger partial charge is 0.230 e. The van der Waals surface area contributed by atoms with Gasteiger partial charge in [0, 0.05) is 24.9 Å². The van der Waals surface area contributed by atoms with E-state index in [1.807, 2.05) is 0 Å². The van der Waals surface area contributed by atoms with Gasteiger partial charge in [-0.05, 0) is 6.42 Å². The molecule has 0 saturated heterocycles. The second-order valence-corrected chi connectivity index (χ2v) is 3.60. The van der Waals surface area contributed by atoms with Crippen molar-refractivity contribution in [2.24, 2.45) is 16.8 Å². The molecule has 7 heteroatoms. The summed E-state index contributed by atoms with van der Waals surface area (Å²) < 4.78 is 0. The molecule has 1 aromatic heterocycles. The molecule has 1 rings (SSSR count). The van der Waals surface area contributed by atoms with Gasteiger partial charge in [0.2, 0.25) is 5.91 Å². The van der Waals surface area contributed by atoms with Crippen molar-refractivity contribution in [1.82, 2.24) is 15.3 Å². The van der Waals surface area contributed by atoms with Crippen LogP contribution >= 0.6 is 0 Å². The Labute approximate surface area is 99.1 Å². The van der Waals surface area contributed by atoms with Crippen LogP contribution in [0.15, 0.2) is 17.7 Å². The average Bonchev–Trinajstić information content (AvgIpc) is 2.82. The van der Waals surface area contributed by atoms with Crippen molar-refractivity contribution in [2.75, 3.05) is 6.54 Å². The molecule has 0 aliphatic carbocycles. The zero-order valence-corrected chi connectivity index (χ0v) is 9.68. The lowest BCUT2D eigenvalue weighted by Gasteiger charge is -2.12. The number of imidazole rings is 1. The van der Waals surface area contributed by atoms with Crippen LogP contribution in [0.25, 0.3) is 0 Å². The third kappa shape index (κ3) is 3.78. The summed E-state index contributed by atoms with van der Waals surface area (Å²) in [5.41, 5.74) is 6.36. The first kappa shape index (κ1) is 13.0. The summed E-state index contributed by atoms with van der Waals surface area (Å²) in [6, 6.07) is 0. The molecule has 0 spiro atoms. The lowest BCUT2D eigenvalue weighted by Crippen LogP contribution is -2.39. The van der Waals surface area contributed by atoms with Crippen LogP contribution in [-0.2, 0) is 11.2 Å². The van der Waals surface area contributed by atoms with Gasteiger partial charge in [0.1, 0.15) is 0 Å². The van der Waals surface area contributed by atoms with Gasteiger partial charge in [-0.25, -0.2) is 4.98 Å². The van der Waals surface area contributed by atoms with Crippen LogP contribution in [0.4, 0.5) is 0 Å². The highest BCUT2D eigenvalue weighted by Gasteiger charge is 2.20. The van der Waals surface area contributed by atoms with Gasteiger partial charge >= 0.3 is 0 Å². The molecule has 94 valence electrons. The minimum atomic E-state index is -0.582. The normalized spacial score (nSPS) is 13.4. The van der Waals surface area contributed by atoms with Crippen molar-refractivity contribution in [3.05, 3.63) is 18.2 Å². The molecule has 0 fully saturated rings. The van der Waals surface area contributed by atoms with Gasteiger partial charge in [-0.15, -0.1) is 0 Å². The van der Waals surface area contributed by atoms with E-state index in [9.17, 15) is 4.79 Å². The molecule has 1 amide bonds. The van der Waals surface area contributed by atoms with Crippen molar-refractivity contribution in [1.29, 1.82) is 0 Å². The number of rotatable bonds is 6. The number of oxime groups is 1. The molecule has 0 aromatic carbocycles. The molecule has 0 aliphatic rings. The van der Waals surface area contributed by atoms with E-state index in [1.165, 1.54) is 0 Å². The predicted molar refractivity (Wildman–Crippen MR) is 62.5 cm³/mol. The van der Waals surface area contributed by atoms with Gasteiger partial charge in [0.15, 0.2) is 5.84 Å². The van der Waals surface area contributed by atoms with Crippen LogP contribution in [0.1, 0.15) is 19.0 Å². The van der Waals surface area contributed by atoms with Crippen molar-refractivity contribution < 1.29 is 10.0 Å². The zero-order chi connectivity index (χ0) is 12.7. The summed E-state index contributed by atoms with van der Waals surface area (Å²) in [4.78, 5) is 18.5. The minimum Gasteiger partial charge on any atom is -0.409 e. The standard InChI is InChI=1S/C10H17N5O2/c1-2-8(9(11)15-17)10(16)13-4-3-7-5-12-6-14-7/h5-6,8,17H,2-4H2,1H3,(H2,11,15)(H,12,14)(H,13,16). The quantitative estimate of drug-likeness (QED) is 0.239. The van der Waals surface area contributed by atoms with E-state index in [4.69, 9.17) is 10.9 Å². The summed E-state index contributed by atoms with van der Waals surface area (Å²) in [5.74, 6) is -0.879. The number of carbonyl (C=O) groups excluding carboxylic acids is 1. The predicted octanol–water partition coefficient (Wildman–Crippen LogP) is -0.159. The number of nitrogens with zero attached hydrogens (tertiary/aromatic N) is 2. The molecular formula is C10H17N5O2. The Morgan fingerprint density at radius 1 is 1.76 bits per heavy atom. The van der Waals surface area contributed by atoms with Gasteiger partial charge in [-0.1, -0.05) is 12.1 Å². The molecule has 1 aromatic rings. The summed E-state index contributed by atoms with van der Waals surface area (Å²) in [7, 11) is 0. The first-order chi connectivity index (χ1) is 8.19. The maximum Gasteiger partial charge on any atom is 0.230 e. The first-order valence-electron chi connectivity index (χ1n) is 5.41. The molecule has 0 bridgehead atoms. The molecule has 7 nitrogen and oxygen atoms in total. The molecule has 1 heterocycles. The average molecular weight is 239 g/mol. The third-order valence-corrected chi connectivity index (χ3v) is 2.45. The lowest BCUT2D eigenvalue weighted by molar-refractivity contribution is -0.123.